The van der Waals surface area contributed by atoms with Gasteiger partial charge in [-0.05, 0) is 45.7 Å². The van der Waals surface area contributed by atoms with E-state index in [4.69, 9.17) is 10.5 Å². The van der Waals surface area contributed by atoms with Gasteiger partial charge in [0.15, 0.2) is 0 Å². The zero-order valence-corrected chi connectivity index (χ0v) is 10.9. The summed E-state index contributed by atoms with van der Waals surface area (Å²) in [4.78, 5) is 0. The molecule has 0 radical (unpaired) electrons. The molecule has 2 heterocycles. The standard InChI is InChI=1S/C13H22N4O/c1-9(18-11-2-3-11)12-8-13(14)17(16-12)10-4-6-15-7-5-10/h8-11,15H,2-7,14H2,1H3. The highest BCUT2D eigenvalue weighted by atomic mass is 16.5. The van der Waals surface area contributed by atoms with E-state index in [0.29, 0.717) is 12.1 Å². The summed E-state index contributed by atoms with van der Waals surface area (Å²) >= 11 is 0. The van der Waals surface area contributed by atoms with E-state index in [0.717, 1.165) is 37.4 Å². The summed E-state index contributed by atoms with van der Waals surface area (Å²) in [6.45, 7) is 4.16. The molecule has 1 aliphatic heterocycles. The lowest BCUT2D eigenvalue weighted by Crippen LogP contribution is -2.30. The van der Waals surface area contributed by atoms with Gasteiger partial charge < -0.3 is 15.8 Å². The predicted molar refractivity (Wildman–Crippen MR) is 70.3 cm³/mol. The van der Waals surface area contributed by atoms with Crippen molar-refractivity contribution >= 4 is 5.82 Å². The third kappa shape index (κ3) is 2.52. The smallest absolute Gasteiger partial charge is 0.122 e. The van der Waals surface area contributed by atoms with Gasteiger partial charge in [0.1, 0.15) is 5.82 Å². The van der Waals surface area contributed by atoms with Crippen LogP contribution in [-0.4, -0.2) is 29.0 Å². The van der Waals surface area contributed by atoms with Crippen molar-refractivity contribution in [1.29, 1.82) is 0 Å². The van der Waals surface area contributed by atoms with Gasteiger partial charge in [-0.25, -0.2) is 4.68 Å². The summed E-state index contributed by atoms with van der Waals surface area (Å²) < 4.78 is 7.85. The van der Waals surface area contributed by atoms with Gasteiger partial charge in [-0.2, -0.15) is 5.10 Å². The highest BCUT2D eigenvalue weighted by Crippen LogP contribution is 2.31. The number of nitrogens with zero attached hydrogens (tertiary/aromatic N) is 2. The maximum Gasteiger partial charge on any atom is 0.122 e. The molecule has 3 rings (SSSR count). The third-order valence-corrected chi connectivity index (χ3v) is 3.78. The van der Waals surface area contributed by atoms with Crippen LogP contribution in [0, 0.1) is 0 Å². The Labute approximate surface area is 108 Å². The lowest BCUT2D eigenvalue weighted by molar-refractivity contribution is 0.0485. The number of anilines is 1. The van der Waals surface area contributed by atoms with Crippen molar-refractivity contribution in [2.24, 2.45) is 0 Å². The first-order valence-electron chi connectivity index (χ1n) is 6.95. The van der Waals surface area contributed by atoms with Crippen LogP contribution in [0.1, 0.15) is 50.4 Å². The van der Waals surface area contributed by atoms with Gasteiger partial charge >= 0.3 is 0 Å². The van der Waals surface area contributed by atoms with Crippen molar-refractivity contribution in [3.63, 3.8) is 0 Å². The van der Waals surface area contributed by atoms with Crippen LogP contribution < -0.4 is 11.1 Å². The number of piperidine rings is 1. The summed E-state index contributed by atoms with van der Waals surface area (Å²) in [6, 6.07) is 2.41. The van der Waals surface area contributed by atoms with E-state index in [1.807, 2.05) is 10.7 Å². The number of hydrogen-bond donors (Lipinski definition) is 2. The molecule has 0 bridgehead atoms. The first-order chi connectivity index (χ1) is 8.74. The molecule has 0 spiro atoms. The molecule has 0 amide bonds. The number of nitrogen functional groups attached to an aromatic ring is 1. The number of rotatable bonds is 4. The van der Waals surface area contributed by atoms with Crippen molar-refractivity contribution in [3.8, 4) is 0 Å². The fraction of sp³-hybridized carbons (Fsp3) is 0.769. The minimum atomic E-state index is 0.0581. The van der Waals surface area contributed by atoms with Crippen molar-refractivity contribution in [3.05, 3.63) is 11.8 Å². The second kappa shape index (κ2) is 4.90. The van der Waals surface area contributed by atoms with Crippen molar-refractivity contribution in [2.45, 2.75) is 50.9 Å². The summed E-state index contributed by atoms with van der Waals surface area (Å²) in [7, 11) is 0. The van der Waals surface area contributed by atoms with Crippen LogP contribution in [-0.2, 0) is 4.74 Å². The largest absolute Gasteiger partial charge is 0.384 e. The van der Waals surface area contributed by atoms with Gasteiger partial charge in [0.05, 0.1) is 23.9 Å². The monoisotopic (exact) mass is 250 g/mol. The molecule has 1 unspecified atom stereocenters. The van der Waals surface area contributed by atoms with E-state index < -0.39 is 0 Å². The molecule has 5 heteroatoms. The topological polar surface area (TPSA) is 65.1 Å². The first kappa shape index (κ1) is 12.0. The van der Waals surface area contributed by atoms with Crippen LogP contribution in [0.5, 0.6) is 0 Å². The molecule has 18 heavy (non-hydrogen) atoms. The predicted octanol–water partition coefficient (Wildman–Crippen LogP) is 1.63. The molecule has 1 atom stereocenters. The molecule has 1 aromatic rings. The van der Waals surface area contributed by atoms with Gasteiger partial charge in [0.2, 0.25) is 0 Å². The lowest BCUT2D eigenvalue weighted by Gasteiger charge is -2.23. The lowest BCUT2D eigenvalue weighted by atomic mass is 10.1. The van der Waals surface area contributed by atoms with Gasteiger partial charge in [0, 0.05) is 6.07 Å². The summed E-state index contributed by atoms with van der Waals surface area (Å²) in [5.41, 5.74) is 7.05. The average Bonchev–Trinajstić information content (AvgIpc) is 3.10. The van der Waals surface area contributed by atoms with Crippen LogP contribution in [0.3, 0.4) is 0 Å². The van der Waals surface area contributed by atoms with E-state index in [9.17, 15) is 0 Å². The molecular formula is C13H22N4O. The highest BCUT2D eigenvalue weighted by Gasteiger charge is 2.27. The highest BCUT2D eigenvalue weighted by molar-refractivity contribution is 5.32. The number of hydrogen-bond acceptors (Lipinski definition) is 4. The third-order valence-electron chi connectivity index (χ3n) is 3.78. The molecule has 5 nitrogen and oxygen atoms in total. The van der Waals surface area contributed by atoms with Crippen molar-refractivity contribution in [1.82, 2.24) is 15.1 Å². The molecule has 3 N–H and O–H groups in total. The zero-order chi connectivity index (χ0) is 12.5. The minimum Gasteiger partial charge on any atom is -0.384 e. The van der Waals surface area contributed by atoms with Crippen LogP contribution in [0.4, 0.5) is 5.82 Å². The van der Waals surface area contributed by atoms with Crippen LogP contribution in [0.25, 0.3) is 0 Å². The van der Waals surface area contributed by atoms with E-state index in [-0.39, 0.29) is 6.10 Å². The Hall–Kier alpha value is -1.07. The zero-order valence-electron chi connectivity index (χ0n) is 10.9. The molecule has 2 aliphatic rings. The van der Waals surface area contributed by atoms with Crippen LogP contribution in [0.2, 0.25) is 0 Å². The van der Waals surface area contributed by atoms with Gasteiger partial charge in [-0.1, -0.05) is 0 Å². The fourth-order valence-corrected chi connectivity index (χ4v) is 2.53. The molecule has 100 valence electrons. The fourth-order valence-electron chi connectivity index (χ4n) is 2.53. The summed E-state index contributed by atoms with van der Waals surface area (Å²) in [5, 5.41) is 8.01. The molecule has 1 aromatic heterocycles. The van der Waals surface area contributed by atoms with Crippen molar-refractivity contribution < 1.29 is 4.74 Å². The average molecular weight is 250 g/mol. The number of nitrogens with two attached hydrogens (primary N) is 1. The van der Waals surface area contributed by atoms with E-state index in [2.05, 4.69) is 17.3 Å². The van der Waals surface area contributed by atoms with E-state index in [1.165, 1.54) is 12.8 Å². The SMILES string of the molecule is CC(OC1CC1)c1cc(N)n(C2CCNCC2)n1. The van der Waals surface area contributed by atoms with Gasteiger partial charge in [-0.15, -0.1) is 0 Å². The molecular weight excluding hydrogens is 228 g/mol. The van der Waals surface area contributed by atoms with Crippen LogP contribution in [0.15, 0.2) is 6.07 Å². The Morgan fingerprint density at radius 2 is 2.11 bits per heavy atom. The molecule has 0 aromatic carbocycles. The number of nitrogens with one attached hydrogen (secondary N) is 1. The quantitative estimate of drug-likeness (QED) is 0.852. The molecule has 1 aliphatic carbocycles. The Morgan fingerprint density at radius 1 is 1.39 bits per heavy atom. The molecule has 1 saturated heterocycles. The number of aromatic nitrogens is 2. The van der Waals surface area contributed by atoms with Gasteiger partial charge in [-0.3, -0.25) is 0 Å². The Kier molecular flexibility index (Phi) is 3.26. The number of ether oxygens (including phenoxy) is 1. The van der Waals surface area contributed by atoms with E-state index in [1.54, 1.807) is 0 Å². The van der Waals surface area contributed by atoms with E-state index >= 15 is 0 Å². The van der Waals surface area contributed by atoms with Crippen molar-refractivity contribution in [2.75, 3.05) is 18.8 Å². The normalized spacial score (nSPS) is 23.2. The molecule has 2 fully saturated rings. The Bertz CT molecular complexity index is 407. The molecule has 1 saturated carbocycles. The van der Waals surface area contributed by atoms with Gasteiger partial charge in [0.25, 0.3) is 0 Å². The first-order valence-corrected chi connectivity index (χ1v) is 6.95. The van der Waals surface area contributed by atoms with Crippen LogP contribution >= 0.6 is 0 Å². The second-order valence-corrected chi connectivity index (χ2v) is 5.40. The maximum absolute atomic E-state index is 6.08. The Balaban J connectivity index is 1.72. The summed E-state index contributed by atoms with van der Waals surface area (Å²) in [5.74, 6) is 0.767. The minimum absolute atomic E-state index is 0.0581. The second-order valence-electron chi connectivity index (χ2n) is 5.40. The Morgan fingerprint density at radius 3 is 2.78 bits per heavy atom. The summed E-state index contributed by atoms with van der Waals surface area (Å²) in [6.07, 6.45) is 5.09. The maximum atomic E-state index is 6.08.